The van der Waals surface area contributed by atoms with Gasteiger partial charge in [-0.2, -0.15) is 0 Å². The third kappa shape index (κ3) is 2.68. The van der Waals surface area contributed by atoms with E-state index in [4.69, 9.17) is 16.3 Å². The Bertz CT molecular complexity index is 647. The molecule has 1 fully saturated rings. The lowest BCUT2D eigenvalue weighted by molar-refractivity contribution is 0.0861. The average Bonchev–Trinajstić information content (AvgIpc) is 3.04. The first-order valence-electron chi connectivity index (χ1n) is 6.73. The summed E-state index contributed by atoms with van der Waals surface area (Å²) in [5.74, 6) is -0.107. The molecule has 1 N–H and O–H groups in total. The Morgan fingerprint density at radius 2 is 2.40 bits per heavy atom. The molecular formula is C15H16ClNO2S. The number of fused-ring (bicyclic) bond motifs is 1. The normalized spacial score (nSPS) is 18.6. The molecule has 1 aliphatic rings. The van der Waals surface area contributed by atoms with Crippen molar-refractivity contribution in [3.63, 3.8) is 0 Å². The van der Waals surface area contributed by atoms with Crippen molar-refractivity contribution in [2.24, 2.45) is 0 Å². The fraction of sp³-hybridized carbons (Fsp3) is 0.400. The summed E-state index contributed by atoms with van der Waals surface area (Å²) in [5.41, 5.74) is 1.17. The van der Waals surface area contributed by atoms with E-state index < -0.39 is 0 Å². The number of halogens is 1. The predicted octanol–water partition coefficient (Wildman–Crippen LogP) is 3.77. The number of ether oxygens (including phenoxy) is 1. The van der Waals surface area contributed by atoms with Crippen LogP contribution in [-0.4, -0.2) is 25.2 Å². The highest BCUT2D eigenvalue weighted by atomic mass is 35.5. The van der Waals surface area contributed by atoms with Crippen LogP contribution in [0.25, 0.3) is 10.1 Å². The molecule has 1 saturated heterocycles. The topological polar surface area (TPSA) is 38.3 Å². The van der Waals surface area contributed by atoms with Crippen LogP contribution in [0.3, 0.4) is 0 Å². The van der Waals surface area contributed by atoms with Crippen molar-refractivity contribution in [1.82, 2.24) is 5.32 Å². The molecule has 1 atom stereocenters. The van der Waals surface area contributed by atoms with Gasteiger partial charge in [0.05, 0.1) is 11.1 Å². The number of aryl methyl sites for hydroxylation is 1. The Morgan fingerprint density at radius 3 is 3.15 bits per heavy atom. The Labute approximate surface area is 126 Å². The highest BCUT2D eigenvalue weighted by Crippen LogP contribution is 2.35. The highest BCUT2D eigenvalue weighted by molar-refractivity contribution is 7.21. The number of hydrogen-bond acceptors (Lipinski definition) is 3. The Hall–Kier alpha value is -1.10. The Morgan fingerprint density at radius 1 is 1.55 bits per heavy atom. The predicted molar refractivity (Wildman–Crippen MR) is 82.9 cm³/mol. The van der Waals surface area contributed by atoms with E-state index in [-0.39, 0.29) is 12.0 Å². The van der Waals surface area contributed by atoms with E-state index in [1.54, 1.807) is 0 Å². The fourth-order valence-corrected chi connectivity index (χ4v) is 3.94. The van der Waals surface area contributed by atoms with Crippen LogP contribution >= 0.6 is 22.9 Å². The maximum atomic E-state index is 12.2. The van der Waals surface area contributed by atoms with Crippen molar-refractivity contribution in [3.8, 4) is 0 Å². The zero-order valence-corrected chi connectivity index (χ0v) is 12.8. The van der Waals surface area contributed by atoms with Gasteiger partial charge in [-0.05, 0) is 31.4 Å². The van der Waals surface area contributed by atoms with Gasteiger partial charge < -0.3 is 10.1 Å². The quantitative estimate of drug-likeness (QED) is 0.937. The summed E-state index contributed by atoms with van der Waals surface area (Å²) in [5, 5.41) is 4.42. The molecule has 2 heterocycles. The standard InChI is InChI=1S/C15H16ClNO2S/c1-9-4-5-11-12(7-9)20-14(13(11)16)15(18)17-8-10-3-2-6-19-10/h4-5,7,10H,2-3,6,8H2,1H3,(H,17,18). The monoisotopic (exact) mass is 309 g/mol. The van der Waals surface area contributed by atoms with Gasteiger partial charge in [0.1, 0.15) is 4.88 Å². The lowest BCUT2D eigenvalue weighted by Gasteiger charge is -2.09. The van der Waals surface area contributed by atoms with Crippen LogP contribution in [0.2, 0.25) is 5.02 Å². The van der Waals surface area contributed by atoms with Crippen molar-refractivity contribution in [1.29, 1.82) is 0 Å². The molecule has 1 amide bonds. The second-order valence-electron chi connectivity index (χ2n) is 5.09. The van der Waals surface area contributed by atoms with Gasteiger partial charge in [0.15, 0.2) is 0 Å². The van der Waals surface area contributed by atoms with Crippen molar-refractivity contribution >= 4 is 38.9 Å². The summed E-state index contributed by atoms with van der Waals surface area (Å²) >= 11 is 7.76. The van der Waals surface area contributed by atoms with Crippen molar-refractivity contribution < 1.29 is 9.53 Å². The number of nitrogens with one attached hydrogen (secondary N) is 1. The van der Waals surface area contributed by atoms with Crippen molar-refractivity contribution in [2.45, 2.75) is 25.9 Å². The number of hydrogen-bond donors (Lipinski definition) is 1. The van der Waals surface area contributed by atoms with Crippen LogP contribution in [0.4, 0.5) is 0 Å². The minimum Gasteiger partial charge on any atom is -0.376 e. The van der Waals surface area contributed by atoms with Crippen LogP contribution in [0.1, 0.15) is 28.1 Å². The molecule has 3 rings (SSSR count). The molecule has 3 nitrogen and oxygen atoms in total. The number of benzene rings is 1. The van der Waals surface area contributed by atoms with Crippen LogP contribution < -0.4 is 5.32 Å². The SMILES string of the molecule is Cc1ccc2c(Cl)c(C(=O)NCC3CCCO3)sc2c1. The molecule has 1 aliphatic heterocycles. The molecule has 0 spiro atoms. The maximum absolute atomic E-state index is 12.2. The van der Waals surface area contributed by atoms with Gasteiger partial charge in [0, 0.05) is 23.2 Å². The summed E-state index contributed by atoms with van der Waals surface area (Å²) < 4.78 is 6.55. The van der Waals surface area contributed by atoms with Crippen molar-refractivity contribution in [3.05, 3.63) is 33.7 Å². The summed E-state index contributed by atoms with van der Waals surface area (Å²) in [7, 11) is 0. The van der Waals surface area contributed by atoms with Gasteiger partial charge in [-0.1, -0.05) is 23.7 Å². The first-order valence-corrected chi connectivity index (χ1v) is 7.93. The first-order chi connectivity index (χ1) is 9.65. The minimum absolute atomic E-state index is 0.107. The minimum atomic E-state index is -0.107. The Kier molecular flexibility index (Phi) is 3.96. The van der Waals surface area contributed by atoms with Gasteiger partial charge in [-0.3, -0.25) is 4.79 Å². The van der Waals surface area contributed by atoms with E-state index in [0.29, 0.717) is 16.4 Å². The summed E-state index contributed by atoms with van der Waals surface area (Å²) in [4.78, 5) is 12.8. The molecule has 0 bridgehead atoms. The van der Waals surface area contributed by atoms with E-state index in [1.807, 2.05) is 19.1 Å². The second kappa shape index (κ2) is 5.72. The zero-order chi connectivity index (χ0) is 14.1. The molecular weight excluding hydrogens is 294 g/mol. The van der Waals surface area contributed by atoms with Crippen LogP contribution in [0.15, 0.2) is 18.2 Å². The molecule has 1 aromatic carbocycles. The largest absolute Gasteiger partial charge is 0.376 e. The lowest BCUT2D eigenvalue weighted by atomic mass is 10.2. The number of amides is 1. The number of carbonyl (C=O) groups excluding carboxylic acids is 1. The van der Waals surface area contributed by atoms with E-state index in [1.165, 1.54) is 16.9 Å². The summed E-state index contributed by atoms with van der Waals surface area (Å²) in [6.07, 6.45) is 2.23. The van der Waals surface area contributed by atoms with Gasteiger partial charge in [-0.25, -0.2) is 0 Å². The van der Waals surface area contributed by atoms with Crippen molar-refractivity contribution in [2.75, 3.05) is 13.2 Å². The lowest BCUT2D eigenvalue weighted by Crippen LogP contribution is -2.31. The van der Waals surface area contributed by atoms with Crippen LogP contribution in [-0.2, 0) is 4.74 Å². The van der Waals surface area contributed by atoms with Gasteiger partial charge >= 0.3 is 0 Å². The molecule has 106 valence electrons. The molecule has 1 unspecified atom stereocenters. The molecule has 5 heteroatoms. The van der Waals surface area contributed by atoms with E-state index in [0.717, 1.165) is 29.5 Å². The molecule has 2 aromatic rings. The average molecular weight is 310 g/mol. The highest BCUT2D eigenvalue weighted by Gasteiger charge is 2.20. The van der Waals surface area contributed by atoms with Gasteiger partial charge in [0.25, 0.3) is 5.91 Å². The summed E-state index contributed by atoms with van der Waals surface area (Å²) in [6.45, 7) is 3.39. The number of thiophene rings is 1. The molecule has 0 aliphatic carbocycles. The third-order valence-electron chi connectivity index (χ3n) is 3.51. The van der Waals surface area contributed by atoms with E-state index >= 15 is 0 Å². The van der Waals surface area contributed by atoms with E-state index in [9.17, 15) is 4.79 Å². The summed E-state index contributed by atoms with van der Waals surface area (Å²) in [6, 6.07) is 6.04. The van der Waals surface area contributed by atoms with E-state index in [2.05, 4.69) is 11.4 Å². The molecule has 20 heavy (non-hydrogen) atoms. The third-order valence-corrected chi connectivity index (χ3v) is 5.16. The smallest absolute Gasteiger partial charge is 0.263 e. The second-order valence-corrected chi connectivity index (χ2v) is 6.52. The van der Waals surface area contributed by atoms with Crippen LogP contribution in [0, 0.1) is 6.92 Å². The zero-order valence-electron chi connectivity index (χ0n) is 11.2. The molecule has 1 aromatic heterocycles. The Balaban J connectivity index is 1.78. The molecule has 0 saturated carbocycles. The molecule has 0 radical (unpaired) electrons. The number of rotatable bonds is 3. The first kappa shape index (κ1) is 13.9. The fourth-order valence-electron chi connectivity index (χ4n) is 2.41. The van der Waals surface area contributed by atoms with Gasteiger partial charge in [0.2, 0.25) is 0 Å². The number of carbonyl (C=O) groups is 1. The van der Waals surface area contributed by atoms with Gasteiger partial charge in [-0.15, -0.1) is 11.3 Å². The maximum Gasteiger partial charge on any atom is 0.263 e. The van der Waals surface area contributed by atoms with Crippen LogP contribution in [0.5, 0.6) is 0 Å².